The number of aromatic nitrogens is 2. The average molecular weight is 377 g/mol. The van der Waals surface area contributed by atoms with E-state index in [1.54, 1.807) is 54.0 Å². The summed E-state index contributed by atoms with van der Waals surface area (Å²) in [7, 11) is 1.70. The van der Waals surface area contributed by atoms with Crippen molar-refractivity contribution in [1.29, 1.82) is 0 Å². The number of hydrogen-bond acceptors (Lipinski definition) is 4. The predicted molar refractivity (Wildman–Crippen MR) is 106 cm³/mol. The van der Waals surface area contributed by atoms with Gasteiger partial charge in [-0.15, -0.1) is 0 Å². The molecule has 144 valence electrons. The Hall–Kier alpha value is -3.41. The number of nitrogens with zero attached hydrogens (tertiary/aromatic N) is 3. The third-order valence-corrected chi connectivity index (χ3v) is 4.45. The lowest BCUT2D eigenvalue weighted by Gasteiger charge is -2.21. The van der Waals surface area contributed by atoms with Gasteiger partial charge in [0.05, 0.1) is 11.3 Å². The molecule has 3 aromatic rings. The quantitative estimate of drug-likeness (QED) is 0.618. The zero-order valence-corrected chi connectivity index (χ0v) is 16.2. The monoisotopic (exact) mass is 377 g/mol. The van der Waals surface area contributed by atoms with E-state index in [1.165, 1.54) is 0 Å². The van der Waals surface area contributed by atoms with Gasteiger partial charge in [0.25, 0.3) is 5.91 Å². The molecular weight excluding hydrogens is 354 g/mol. The second kappa shape index (κ2) is 8.52. The molecule has 6 heteroatoms. The molecule has 0 unspecified atom stereocenters. The van der Waals surface area contributed by atoms with Crippen LogP contribution in [0.3, 0.4) is 0 Å². The maximum Gasteiger partial charge on any atom is 0.338 e. The first-order valence-electron chi connectivity index (χ1n) is 9.06. The second-order valence-electron chi connectivity index (χ2n) is 6.66. The topological polar surface area (TPSA) is 64.4 Å². The lowest BCUT2D eigenvalue weighted by molar-refractivity contribution is -0.139. The third kappa shape index (κ3) is 4.46. The summed E-state index contributed by atoms with van der Waals surface area (Å²) in [5, 5.41) is 4.24. The molecule has 0 aliphatic rings. The predicted octanol–water partition coefficient (Wildman–Crippen LogP) is 3.38. The summed E-state index contributed by atoms with van der Waals surface area (Å²) in [6, 6.07) is 18.5. The summed E-state index contributed by atoms with van der Waals surface area (Å²) < 4.78 is 7.14. The number of carbonyl (C=O) groups excluding carboxylic acids is 2. The number of carbonyl (C=O) groups is 2. The average Bonchev–Trinajstić information content (AvgIpc) is 3.14. The summed E-state index contributed by atoms with van der Waals surface area (Å²) in [5.41, 5.74) is 3.25. The summed E-state index contributed by atoms with van der Waals surface area (Å²) in [4.78, 5) is 26.4. The molecule has 0 saturated heterocycles. The number of likely N-dealkylation sites (N-methyl/N-ethyl adjacent to an activating group) is 1. The second-order valence-corrected chi connectivity index (χ2v) is 6.66. The standard InChI is InChI=1S/C22H23N3O3/c1-16-13-14-23-25(16)20-11-9-19(10-12-20)22(27)28-17(2)21(26)24(3)15-18-7-5-4-6-8-18/h4-14,17H,15H2,1-3H3/t17-/m1/s1. The van der Waals surface area contributed by atoms with Crippen molar-refractivity contribution in [1.82, 2.24) is 14.7 Å². The fraction of sp³-hybridized carbons (Fsp3) is 0.227. The first kappa shape index (κ1) is 19.4. The minimum Gasteiger partial charge on any atom is -0.449 e. The Morgan fingerprint density at radius 2 is 1.75 bits per heavy atom. The molecule has 0 bridgehead atoms. The van der Waals surface area contributed by atoms with Gasteiger partial charge in [-0.05, 0) is 49.7 Å². The van der Waals surface area contributed by atoms with Crippen LogP contribution >= 0.6 is 0 Å². The van der Waals surface area contributed by atoms with E-state index in [0.717, 1.165) is 16.9 Å². The van der Waals surface area contributed by atoms with Crippen molar-refractivity contribution in [2.75, 3.05) is 7.05 Å². The summed E-state index contributed by atoms with van der Waals surface area (Å²) in [6.45, 7) is 4.00. The molecule has 1 atom stereocenters. The number of hydrogen-bond donors (Lipinski definition) is 0. The number of ether oxygens (including phenoxy) is 1. The van der Waals surface area contributed by atoms with Crippen LogP contribution in [-0.2, 0) is 16.1 Å². The Morgan fingerprint density at radius 3 is 2.36 bits per heavy atom. The molecule has 0 aliphatic carbocycles. The molecule has 0 radical (unpaired) electrons. The minimum absolute atomic E-state index is 0.249. The molecule has 3 rings (SSSR count). The lowest BCUT2D eigenvalue weighted by Crippen LogP contribution is -2.37. The van der Waals surface area contributed by atoms with Crippen molar-refractivity contribution in [3.8, 4) is 5.69 Å². The first-order chi connectivity index (χ1) is 13.5. The highest BCUT2D eigenvalue weighted by molar-refractivity contribution is 5.92. The van der Waals surface area contributed by atoms with Gasteiger partial charge in [-0.1, -0.05) is 30.3 Å². The molecule has 6 nitrogen and oxygen atoms in total. The Bertz CT molecular complexity index is 949. The van der Waals surface area contributed by atoms with Gasteiger partial charge < -0.3 is 9.64 Å². The summed E-state index contributed by atoms with van der Waals surface area (Å²) in [6.07, 6.45) is 0.853. The van der Waals surface area contributed by atoms with Crippen LogP contribution in [0.2, 0.25) is 0 Å². The molecule has 0 N–H and O–H groups in total. The van der Waals surface area contributed by atoms with Crippen molar-refractivity contribution >= 4 is 11.9 Å². The highest BCUT2D eigenvalue weighted by Gasteiger charge is 2.22. The Morgan fingerprint density at radius 1 is 1.07 bits per heavy atom. The molecular formula is C22H23N3O3. The van der Waals surface area contributed by atoms with E-state index in [2.05, 4.69) is 5.10 Å². The molecule has 0 saturated carbocycles. The highest BCUT2D eigenvalue weighted by atomic mass is 16.5. The van der Waals surface area contributed by atoms with E-state index < -0.39 is 12.1 Å². The van der Waals surface area contributed by atoms with Crippen molar-refractivity contribution in [3.05, 3.63) is 83.7 Å². The Labute approximate surface area is 164 Å². The van der Waals surface area contributed by atoms with Gasteiger partial charge in [0, 0.05) is 25.5 Å². The minimum atomic E-state index is -0.866. The van der Waals surface area contributed by atoms with Gasteiger partial charge >= 0.3 is 5.97 Å². The van der Waals surface area contributed by atoms with Crippen molar-refractivity contribution in [2.24, 2.45) is 0 Å². The van der Waals surface area contributed by atoms with Crippen molar-refractivity contribution in [3.63, 3.8) is 0 Å². The largest absolute Gasteiger partial charge is 0.449 e. The number of esters is 1. The SMILES string of the molecule is Cc1ccnn1-c1ccc(C(=O)O[C@H](C)C(=O)N(C)Cc2ccccc2)cc1. The molecule has 0 aliphatic heterocycles. The summed E-state index contributed by atoms with van der Waals surface area (Å²) >= 11 is 0. The van der Waals surface area contributed by atoms with Gasteiger partial charge in [0.2, 0.25) is 0 Å². The van der Waals surface area contributed by atoms with E-state index in [4.69, 9.17) is 4.74 Å². The lowest BCUT2D eigenvalue weighted by atomic mass is 10.2. The van der Waals surface area contributed by atoms with Gasteiger partial charge in [-0.3, -0.25) is 4.79 Å². The molecule has 28 heavy (non-hydrogen) atoms. The fourth-order valence-corrected chi connectivity index (χ4v) is 2.90. The Balaban J connectivity index is 1.60. The van der Waals surface area contributed by atoms with Gasteiger partial charge in [-0.2, -0.15) is 5.10 Å². The smallest absolute Gasteiger partial charge is 0.338 e. The van der Waals surface area contributed by atoms with Crippen LogP contribution in [0.5, 0.6) is 0 Å². The highest BCUT2D eigenvalue weighted by Crippen LogP contribution is 2.13. The van der Waals surface area contributed by atoms with Crippen molar-refractivity contribution in [2.45, 2.75) is 26.5 Å². The van der Waals surface area contributed by atoms with E-state index in [0.29, 0.717) is 12.1 Å². The van der Waals surface area contributed by atoms with E-state index >= 15 is 0 Å². The maximum atomic E-state index is 12.5. The van der Waals surface area contributed by atoms with Gasteiger partial charge in [0.1, 0.15) is 0 Å². The number of rotatable bonds is 6. The van der Waals surface area contributed by atoms with Crippen LogP contribution in [0.25, 0.3) is 5.69 Å². The third-order valence-electron chi connectivity index (χ3n) is 4.45. The molecule has 0 spiro atoms. The Kier molecular flexibility index (Phi) is 5.89. The van der Waals surface area contributed by atoms with Crippen LogP contribution in [0.4, 0.5) is 0 Å². The van der Waals surface area contributed by atoms with Crippen LogP contribution in [0.15, 0.2) is 66.9 Å². The van der Waals surface area contributed by atoms with Crippen LogP contribution in [0, 0.1) is 6.92 Å². The fourth-order valence-electron chi connectivity index (χ4n) is 2.90. The number of benzene rings is 2. The van der Waals surface area contributed by atoms with E-state index in [9.17, 15) is 9.59 Å². The van der Waals surface area contributed by atoms with E-state index in [1.807, 2.05) is 43.3 Å². The zero-order valence-electron chi connectivity index (χ0n) is 16.2. The molecule has 1 heterocycles. The molecule has 0 fully saturated rings. The van der Waals surface area contributed by atoms with Gasteiger partial charge in [-0.25, -0.2) is 9.48 Å². The maximum absolute atomic E-state index is 12.5. The van der Waals surface area contributed by atoms with Crippen LogP contribution < -0.4 is 0 Å². The van der Waals surface area contributed by atoms with Gasteiger partial charge in [0.15, 0.2) is 6.10 Å². The number of amides is 1. The van der Waals surface area contributed by atoms with Crippen LogP contribution in [0.1, 0.15) is 28.5 Å². The first-order valence-corrected chi connectivity index (χ1v) is 9.06. The normalized spacial score (nSPS) is 11.7. The molecule has 2 aromatic carbocycles. The van der Waals surface area contributed by atoms with Crippen molar-refractivity contribution < 1.29 is 14.3 Å². The molecule has 1 aromatic heterocycles. The van der Waals surface area contributed by atoms with Crippen LogP contribution in [-0.4, -0.2) is 39.7 Å². The zero-order chi connectivity index (χ0) is 20.1. The summed E-state index contributed by atoms with van der Waals surface area (Å²) in [5.74, 6) is -0.779. The van der Waals surface area contributed by atoms with E-state index in [-0.39, 0.29) is 5.91 Å². The molecule has 1 amide bonds. The number of aryl methyl sites for hydroxylation is 1.